The number of rotatable bonds is 9. The lowest BCUT2D eigenvalue weighted by atomic mass is 10.1. The van der Waals surface area contributed by atoms with E-state index in [1.54, 1.807) is 36.4 Å². The van der Waals surface area contributed by atoms with Gasteiger partial charge in [-0.05, 0) is 24.8 Å². The first kappa shape index (κ1) is 16.3. The highest BCUT2D eigenvalue weighted by Crippen LogP contribution is 2.36. The molecule has 4 rings (SSSR count). The number of pyridine rings is 2. The van der Waals surface area contributed by atoms with Crippen molar-refractivity contribution in [2.45, 2.75) is 26.1 Å². The Balaban J connectivity index is 1.70. The van der Waals surface area contributed by atoms with Crippen LogP contribution in [0.4, 0.5) is 17.3 Å². The number of hydrogen-bond donors (Lipinski definition) is 2. The van der Waals surface area contributed by atoms with Gasteiger partial charge in [0.25, 0.3) is 0 Å². The van der Waals surface area contributed by atoms with Crippen LogP contribution in [0, 0.1) is 5.92 Å². The van der Waals surface area contributed by atoms with Crippen LogP contribution in [0.1, 0.15) is 40.6 Å². The van der Waals surface area contributed by atoms with E-state index in [-0.39, 0.29) is 5.56 Å². The van der Waals surface area contributed by atoms with E-state index in [9.17, 15) is 4.79 Å². The predicted octanol–water partition coefficient (Wildman–Crippen LogP) is 3.44. The third-order valence-corrected chi connectivity index (χ3v) is 4.84. The van der Waals surface area contributed by atoms with Crippen LogP contribution >= 0.6 is 0 Å². The summed E-state index contributed by atoms with van der Waals surface area (Å²) in [6.07, 6.45) is 6.32. The van der Waals surface area contributed by atoms with E-state index in [1.807, 2.05) is 0 Å². The Morgan fingerprint density at radius 2 is 2.23 bits per heavy atom. The largest absolute Gasteiger partial charge is 0.492 e. The first-order valence-corrected chi connectivity index (χ1v) is 9.66. The maximum Gasteiger partial charge on any atom is 0.185 e. The summed E-state index contributed by atoms with van der Waals surface area (Å²) >= 11 is 0. The summed E-state index contributed by atoms with van der Waals surface area (Å²) < 4.78 is 29.6. The van der Waals surface area contributed by atoms with Gasteiger partial charge in [-0.2, -0.15) is 5.10 Å². The summed E-state index contributed by atoms with van der Waals surface area (Å²) in [7, 11) is 3.27. The van der Waals surface area contributed by atoms with Gasteiger partial charge in [-0.1, -0.05) is 6.85 Å². The third-order valence-electron chi connectivity index (χ3n) is 4.84. The van der Waals surface area contributed by atoms with Crippen LogP contribution in [0.3, 0.4) is 0 Å². The molecular formula is C21H25N7O2. The first-order chi connectivity index (χ1) is 15.7. The summed E-state index contributed by atoms with van der Waals surface area (Å²) in [5, 5.41) is 10.7. The van der Waals surface area contributed by atoms with Crippen molar-refractivity contribution < 1.29 is 13.6 Å². The maximum absolute atomic E-state index is 12.8. The van der Waals surface area contributed by atoms with Crippen molar-refractivity contribution in [3.63, 3.8) is 0 Å². The van der Waals surface area contributed by atoms with Crippen LogP contribution in [0.25, 0.3) is 11.4 Å². The van der Waals surface area contributed by atoms with Crippen molar-refractivity contribution in [3.05, 3.63) is 36.4 Å². The molecule has 0 aromatic carbocycles. The van der Waals surface area contributed by atoms with Crippen molar-refractivity contribution in [1.82, 2.24) is 24.7 Å². The standard InChI is InChI=1S/C21H25N7O2/c1-4-17(29)15-11-24-18(23-10-13-5-6-13)9-16(15)26-21-19(30-3)14(7-8-22-21)20-25-12-28(2)27-20/h7-9,11-13H,4-6,10H2,1-3H3,(H2,22,23,24,26)/i1D3. The van der Waals surface area contributed by atoms with Gasteiger partial charge in [0.05, 0.1) is 23.9 Å². The van der Waals surface area contributed by atoms with Crippen LogP contribution in [0.2, 0.25) is 0 Å². The number of hydrogen-bond acceptors (Lipinski definition) is 8. The summed E-state index contributed by atoms with van der Waals surface area (Å²) in [5.41, 5.74) is 1.16. The Morgan fingerprint density at radius 1 is 1.37 bits per heavy atom. The Bertz CT molecular complexity index is 1160. The fraction of sp³-hybridized carbons (Fsp3) is 0.381. The van der Waals surface area contributed by atoms with Crippen molar-refractivity contribution in [2.24, 2.45) is 13.0 Å². The van der Waals surface area contributed by atoms with E-state index in [4.69, 9.17) is 8.85 Å². The van der Waals surface area contributed by atoms with Crippen LogP contribution in [0.5, 0.6) is 5.75 Å². The molecule has 3 aromatic rings. The fourth-order valence-corrected chi connectivity index (χ4v) is 3.05. The summed E-state index contributed by atoms with van der Waals surface area (Å²) in [6, 6.07) is 3.41. The monoisotopic (exact) mass is 410 g/mol. The molecule has 0 aliphatic heterocycles. The van der Waals surface area contributed by atoms with Crippen LogP contribution < -0.4 is 15.4 Å². The molecule has 0 radical (unpaired) electrons. The molecule has 0 atom stereocenters. The van der Waals surface area contributed by atoms with Crippen LogP contribution in [0.15, 0.2) is 30.9 Å². The molecule has 0 saturated heterocycles. The lowest BCUT2D eigenvalue weighted by Gasteiger charge is -2.16. The number of carbonyl (C=O) groups is 1. The number of methoxy groups -OCH3 is 1. The molecule has 0 unspecified atom stereocenters. The highest BCUT2D eigenvalue weighted by atomic mass is 16.5. The number of nitrogens with one attached hydrogen (secondary N) is 2. The van der Waals surface area contributed by atoms with E-state index in [0.29, 0.717) is 40.4 Å². The molecule has 3 aromatic heterocycles. The topological polar surface area (TPSA) is 107 Å². The first-order valence-electron chi connectivity index (χ1n) is 11.2. The Kier molecular flexibility index (Phi) is 4.61. The quantitative estimate of drug-likeness (QED) is 0.517. The second kappa shape index (κ2) is 8.48. The molecule has 30 heavy (non-hydrogen) atoms. The van der Waals surface area contributed by atoms with Gasteiger partial charge in [0.15, 0.2) is 23.2 Å². The number of anilines is 3. The molecule has 156 valence electrons. The molecular weight excluding hydrogens is 382 g/mol. The van der Waals surface area contributed by atoms with E-state index in [0.717, 1.165) is 6.54 Å². The zero-order valence-electron chi connectivity index (χ0n) is 19.8. The summed E-state index contributed by atoms with van der Waals surface area (Å²) in [6.45, 7) is -1.60. The van der Waals surface area contributed by atoms with Gasteiger partial charge in [-0.15, -0.1) is 0 Å². The molecule has 1 aliphatic rings. The zero-order valence-corrected chi connectivity index (χ0v) is 16.8. The van der Waals surface area contributed by atoms with Gasteiger partial charge < -0.3 is 15.4 Å². The fourth-order valence-electron chi connectivity index (χ4n) is 3.05. The highest BCUT2D eigenvalue weighted by Gasteiger charge is 2.22. The molecule has 9 heteroatoms. The Labute approximate surface area is 179 Å². The normalized spacial score (nSPS) is 15.1. The second-order valence-electron chi connectivity index (χ2n) is 7.15. The molecule has 0 bridgehead atoms. The molecule has 1 fully saturated rings. The number of ether oxygens (including phenoxy) is 1. The highest BCUT2D eigenvalue weighted by molar-refractivity contribution is 6.02. The Hall–Kier alpha value is -3.49. The maximum atomic E-state index is 12.8. The van der Waals surface area contributed by atoms with Crippen molar-refractivity contribution in [1.29, 1.82) is 0 Å². The number of aromatic nitrogens is 5. The predicted molar refractivity (Wildman–Crippen MR) is 114 cm³/mol. The van der Waals surface area contributed by atoms with Crippen LogP contribution in [-0.4, -0.2) is 44.2 Å². The summed E-state index contributed by atoms with van der Waals surface area (Å²) in [5.74, 6) is 1.85. The SMILES string of the molecule is [2H]C([2H])([2H])CC(=O)c1cnc(NCC2CC2)cc1Nc1nccc(-c2ncn(C)n2)c1OC. The van der Waals surface area contributed by atoms with Gasteiger partial charge in [-0.3, -0.25) is 9.48 Å². The number of carbonyl (C=O) groups excluding carboxylic acids is 1. The van der Waals surface area contributed by atoms with Gasteiger partial charge >= 0.3 is 0 Å². The molecule has 1 aliphatic carbocycles. The number of Topliss-reactive ketones (excluding diaryl/α,β-unsaturated/α-hetero) is 1. The smallest absolute Gasteiger partial charge is 0.185 e. The van der Waals surface area contributed by atoms with E-state index >= 15 is 0 Å². The minimum absolute atomic E-state index is 0.160. The minimum Gasteiger partial charge on any atom is -0.492 e. The third kappa shape index (κ3) is 4.24. The van der Waals surface area contributed by atoms with E-state index in [1.165, 1.54) is 26.1 Å². The molecule has 2 N–H and O–H groups in total. The molecule has 0 spiro atoms. The molecule has 9 nitrogen and oxygen atoms in total. The average Bonchev–Trinajstić information content (AvgIpc) is 3.49. The molecule has 0 amide bonds. The summed E-state index contributed by atoms with van der Waals surface area (Å²) in [4.78, 5) is 25.7. The number of aryl methyl sites for hydroxylation is 1. The van der Waals surface area contributed by atoms with Crippen molar-refractivity contribution >= 4 is 23.1 Å². The van der Waals surface area contributed by atoms with Gasteiger partial charge in [0.2, 0.25) is 0 Å². The second-order valence-corrected chi connectivity index (χ2v) is 7.15. The Morgan fingerprint density at radius 3 is 2.93 bits per heavy atom. The number of nitrogens with zero attached hydrogens (tertiary/aromatic N) is 5. The average molecular weight is 410 g/mol. The van der Waals surface area contributed by atoms with Crippen molar-refractivity contribution in [3.8, 4) is 17.1 Å². The minimum atomic E-state index is -2.39. The van der Waals surface area contributed by atoms with Crippen molar-refractivity contribution in [2.75, 3.05) is 24.3 Å². The lowest BCUT2D eigenvalue weighted by molar-refractivity contribution is 0.0988. The van der Waals surface area contributed by atoms with Gasteiger partial charge in [0, 0.05) is 42.6 Å². The lowest BCUT2D eigenvalue weighted by Crippen LogP contribution is -2.09. The number of ketones is 1. The van der Waals surface area contributed by atoms with Gasteiger partial charge in [-0.25, -0.2) is 15.0 Å². The van der Waals surface area contributed by atoms with E-state index < -0.39 is 19.1 Å². The zero-order chi connectivity index (χ0) is 23.6. The molecule has 1 saturated carbocycles. The van der Waals surface area contributed by atoms with Gasteiger partial charge in [0.1, 0.15) is 12.1 Å². The van der Waals surface area contributed by atoms with Crippen LogP contribution in [-0.2, 0) is 7.05 Å². The molecule has 3 heterocycles. The van der Waals surface area contributed by atoms with E-state index in [2.05, 4.69) is 30.7 Å².